The number of amides is 3. The molecular formula is C37H35N3O6S. The van der Waals surface area contributed by atoms with Crippen LogP contribution < -0.4 is 25.4 Å². The summed E-state index contributed by atoms with van der Waals surface area (Å²) in [7, 11) is -2.91. The highest BCUT2D eigenvalue weighted by Gasteiger charge is 2.53. The molecule has 0 saturated carbocycles. The second-order valence-corrected chi connectivity index (χ2v) is 11.2. The summed E-state index contributed by atoms with van der Waals surface area (Å²) in [6.45, 7) is -1.76. The molecule has 4 aromatic rings. The summed E-state index contributed by atoms with van der Waals surface area (Å²) >= 11 is -2.69. The topological polar surface area (TPSA) is 134 Å². The number of nitrogens with one attached hydrogen (secondary N) is 1. The van der Waals surface area contributed by atoms with Gasteiger partial charge in [-0.05, 0) is 84.5 Å². The minimum absolute atomic E-state index is 0.0233. The number of hydrogen-bond acceptors (Lipinski definition) is 6. The molecule has 0 aromatic heterocycles. The molecule has 10 heteroatoms. The maximum atomic E-state index is 14.5. The lowest BCUT2D eigenvalue weighted by Gasteiger charge is -2.24. The Kier molecular flexibility index (Phi) is 5.95. The van der Waals surface area contributed by atoms with Gasteiger partial charge in [-0.2, -0.15) is 0 Å². The third-order valence-corrected chi connectivity index (χ3v) is 8.31. The minimum atomic E-state index is -3.28. The predicted molar refractivity (Wildman–Crippen MR) is 181 cm³/mol. The standard InChI is InChI=1S/C37H35N3O6S/c1-3-46-32-22-27(16-19-31(32)45-2)20-21-39-34(41)24-33-36(43)40(30-11-7-10-29(23-30)35(38)42)37(47(33)44)28-17-14-26(15-18-28)13-12-25-8-5-4-6-9-25/h4-11,14-19,22-23,33,37H,3,20-21,24H2,1-2H3,(H2,38,42)(H,39,41)/t33-,37+,47-/m1/s1/i2D3,4D,5D,6D,8D,9D,14D,15D,17D,18D,20D2,21D2. The van der Waals surface area contributed by atoms with E-state index in [1.54, 1.807) is 6.92 Å². The summed E-state index contributed by atoms with van der Waals surface area (Å²) in [5, 5.41) is -1.94. The largest absolute Gasteiger partial charge is 0.614 e. The number of carbonyl (C=O) groups is 3. The number of carbonyl (C=O) groups excluding carboxylic acids is 3. The van der Waals surface area contributed by atoms with Crippen LogP contribution >= 0.6 is 0 Å². The van der Waals surface area contributed by atoms with Crippen molar-refractivity contribution in [3.8, 4) is 23.3 Å². The fraction of sp³-hybridized carbons (Fsp3) is 0.216. The Labute approximate surface area is 299 Å². The van der Waals surface area contributed by atoms with Crippen LogP contribution in [0.3, 0.4) is 0 Å². The Morgan fingerprint density at radius 1 is 1.06 bits per heavy atom. The number of benzene rings is 4. The molecule has 3 amide bonds. The molecule has 240 valence electrons. The summed E-state index contributed by atoms with van der Waals surface area (Å²) < 4.78 is 156. The van der Waals surface area contributed by atoms with Gasteiger partial charge in [-0.15, -0.1) is 0 Å². The molecule has 0 unspecified atom stereocenters. The van der Waals surface area contributed by atoms with E-state index in [0.717, 1.165) is 29.2 Å². The third kappa shape index (κ3) is 7.95. The Morgan fingerprint density at radius 3 is 2.51 bits per heavy atom. The van der Waals surface area contributed by atoms with Crippen molar-refractivity contribution in [2.45, 2.75) is 30.3 Å². The number of methoxy groups -OCH3 is 1. The first-order chi connectivity index (χ1) is 29.2. The number of nitrogens with zero attached hydrogens (tertiary/aromatic N) is 1. The molecule has 3 atom stereocenters. The highest BCUT2D eigenvalue weighted by atomic mass is 32.2. The summed E-state index contributed by atoms with van der Waals surface area (Å²) in [6.07, 6.45) is -4.17. The lowest BCUT2D eigenvalue weighted by molar-refractivity contribution is -0.124. The molecule has 1 aliphatic rings. The maximum absolute atomic E-state index is 14.5. The zero-order chi connectivity index (χ0) is 47.3. The highest BCUT2D eigenvalue weighted by molar-refractivity contribution is 7.93. The molecule has 0 aliphatic carbocycles. The van der Waals surface area contributed by atoms with Gasteiger partial charge in [-0.3, -0.25) is 19.3 Å². The minimum Gasteiger partial charge on any atom is -0.614 e. The van der Waals surface area contributed by atoms with Crippen molar-refractivity contribution >= 4 is 34.6 Å². The van der Waals surface area contributed by atoms with Crippen molar-refractivity contribution in [2.75, 3.05) is 25.0 Å². The van der Waals surface area contributed by atoms with Crippen LogP contribution in [0.25, 0.3) is 0 Å². The van der Waals surface area contributed by atoms with Crippen molar-refractivity contribution in [3.63, 3.8) is 0 Å². The van der Waals surface area contributed by atoms with Gasteiger partial charge in [0.25, 0.3) is 5.91 Å². The lowest BCUT2D eigenvalue weighted by atomic mass is 10.1. The Bertz CT molecular complexity index is 2540. The van der Waals surface area contributed by atoms with Crippen LogP contribution in [-0.4, -0.2) is 47.7 Å². The monoisotopic (exact) mass is 665 g/mol. The van der Waals surface area contributed by atoms with Crippen molar-refractivity contribution in [1.82, 2.24) is 5.32 Å². The zero-order valence-corrected chi connectivity index (χ0v) is 25.3. The second-order valence-electron chi connectivity index (χ2n) is 9.53. The number of nitrogens with two attached hydrogens (primary N) is 1. The Balaban J connectivity index is 1.55. The van der Waals surface area contributed by atoms with Crippen LogP contribution in [0.2, 0.25) is 0 Å². The molecule has 0 radical (unpaired) electrons. The van der Waals surface area contributed by atoms with Gasteiger partial charge in [0.15, 0.2) is 11.5 Å². The molecule has 1 fully saturated rings. The van der Waals surface area contributed by atoms with Crippen LogP contribution in [0.5, 0.6) is 11.5 Å². The van der Waals surface area contributed by atoms with E-state index in [1.807, 2.05) is 5.32 Å². The van der Waals surface area contributed by atoms with Gasteiger partial charge in [0.1, 0.15) is 0 Å². The zero-order valence-electron chi connectivity index (χ0n) is 40.5. The fourth-order valence-corrected chi connectivity index (χ4v) is 6.12. The molecule has 1 saturated heterocycles. The number of hydrogen-bond donors (Lipinski definition) is 2. The smallest absolute Gasteiger partial charge is 0.284 e. The van der Waals surface area contributed by atoms with E-state index in [-0.39, 0.29) is 29.4 Å². The fourth-order valence-electron chi connectivity index (χ4n) is 4.39. The van der Waals surface area contributed by atoms with Gasteiger partial charge in [0, 0.05) is 39.9 Å². The van der Waals surface area contributed by atoms with E-state index in [1.165, 1.54) is 18.2 Å². The first-order valence-electron chi connectivity index (χ1n) is 21.8. The van der Waals surface area contributed by atoms with Crippen molar-refractivity contribution in [1.29, 1.82) is 0 Å². The molecule has 1 aliphatic heterocycles. The highest BCUT2D eigenvalue weighted by Crippen LogP contribution is 2.42. The number of primary amides is 1. The molecule has 0 spiro atoms. The number of aryl methyl sites for hydroxylation is 1. The lowest BCUT2D eigenvalue weighted by Crippen LogP contribution is -2.36. The Morgan fingerprint density at radius 2 is 1.81 bits per heavy atom. The molecule has 4 aromatic carbocycles. The molecule has 0 bridgehead atoms. The molecule has 3 N–H and O–H groups in total. The maximum Gasteiger partial charge on any atom is 0.284 e. The van der Waals surface area contributed by atoms with Crippen molar-refractivity contribution < 1.29 is 50.3 Å². The van der Waals surface area contributed by atoms with E-state index in [9.17, 15) is 18.9 Å². The van der Waals surface area contributed by atoms with Crippen molar-refractivity contribution in [3.05, 3.63) is 125 Å². The van der Waals surface area contributed by atoms with Gasteiger partial charge in [0.2, 0.25) is 22.4 Å². The second kappa shape index (κ2) is 15.4. The van der Waals surface area contributed by atoms with Crippen LogP contribution in [0.1, 0.15) is 73.3 Å². The van der Waals surface area contributed by atoms with Gasteiger partial charge >= 0.3 is 0 Å². The average Bonchev–Trinajstić information content (AvgIpc) is 3.44. The van der Waals surface area contributed by atoms with E-state index < -0.39 is 142 Å². The summed E-state index contributed by atoms with van der Waals surface area (Å²) in [6, 6.07) is 1.04. The molecular weight excluding hydrogens is 614 g/mol. The van der Waals surface area contributed by atoms with Gasteiger partial charge in [0.05, 0.1) is 36.5 Å². The van der Waals surface area contributed by atoms with Gasteiger partial charge in [-0.25, -0.2) is 0 Å². The summed E-state index contributed by atoms with van der Waals surface area (Å²) in [5.74, 6) is 0.704. The molecule has 47 heavy (non-hydrogen) atoms. The van der Waals surface area contributed by atoms with E-state index in [4.69, 9.17) is 37.1 Å². The van der Waals surface area contributed by atoms with Crippen LogP contribution in [0, 0.1) is 11.8 Å². The summed E-state index contributed by atoms with van der Waals surface area (Å²) in [4.78, 5) is 40.8. The van der Waals surface area contributed by atoms with Gasteiger partial charge < -0.3 is 25.1 Å². The third-order valence-electron chi connectivity index (χ3n) is 6.49. The number of rotatable bonds is 11. The first-order valence-corrected chi connectivity index (χ1v) is 15.0. The van der Waals surface area contributed by atoms with Crippen LogP contribution in [0.15, 0.2) is 96.8 Å². The predicted octanol–water partition coefficient (Wildman–Crippen LogP) is 4.50. The van der Waals surface area contributed by atoms with Gasteiger partial charge in [-0.1, -0.05) is 54.2 Å². The van der Waals surface area contributed by atoms with Crippen LogP contribution in [-0.2, 0) is 27.1 Å². The average molecular weight is 666 g/mol. The SMILES string of the molecule is [2H]c1c([2H])c([2H])c(C#Cc2c([2H])c([2H])c([C@H]3N(c4cccc(C(N)=O)c4)C(=O)[C@@H](CC(=O)NC([2H])([2H])C([2H])([2H])c4ccc(OC([2H])([2H])[2H])c(OCC)c4)[S@@+]3[O-])c([2H])c2[2H])c([2H])c1[2H]. The van der Waals surface area contributed by atoms with Crippen molar-refractivity contribution in [2.24, 2.45) is 5.73 Å². The molecule has 9 nitrogen and oxygen atoms in total. The summed E-state index contributed by atoms with van der Waals surface area (Å²) in [5.41, 5.74) is 2.96. The normalized spacial score (nSPS) is 22.8. The number of anilines is 1. The molecule has 5 rings (SSSR count). The quantitative estimate of drug-likeness (QED) is 0.179. The number of ether oxygens (including phenoxy) is 2. The Hall–Kier alpha value is -5.24. The first kappa shape index (κ1) is 18.2. The van der Waals surface area contributed by atoms with E-state index >= 15 is 0 Å². The van der Waals surface area contributed by atoms with Crippen LogP contribution in [0.4, 0.5) is 5.69 Å². The molecule has 1 heterocycles. The van der Waals surface area contributed by atoms with E-state index in [2.05, 4.69) is 11.8 Å². The van der Waals surface area contributed by atoms with E-state index in [0.29, 0.717) is 0 Å².